The molecule has 2 rings (SSSR count). The lowest BCUT2D eigenvalue weighted by Crippen LogP contribution is -2.50. The van der Waals surface area contributed by atoms with E-state index < -0.39 is 37.1 Å². The van der Waals surface area contributed by atoms with E-state index in [4.69, 9.17) is 33.5 Å². The smallest absolute Gasteiger partial charge is 0.164 e. The molecule has 228 valence electrons. The van der Waals surface area contributed by atoms with Gasteiger partial charge >= 0.3 is 0 Å². The number of methoxy groups -OCH3 is 6. The number of aliphatic hydroxyl groups is 6. The minimum absolute atomic E-state index is 0.0601. The predicted molar refractivity (Wildman–Crippen MR) is 148 cm³/mol. The van der Waals surface area contributed by atoms with Gasteiger partial charge in [0.05, 0.1) is 49.3 Å². The molecule has 12 heteroatoms. The summed E-state index contributed by atoms with van der Waals surface area (Å²) in [5.41, 5.74) is 4.25. The van der Waals surface area contributed by atoms with Gasteiger partial charge in [-0.2, -0.15) is 0 Å². The van der Waals surface area contributed by atoms with Crippen molar-refractivity contribution in [1.29, 1.82) is 0 Å². The number of rotatable bonds is 16. The Morgan fingerprint density at radius 2 is 1.20 bits per heavy atom. The zero-order valence-electron chi connectivity index (χ0n) is 24.0. The van der Waals surface area contributed by atoms with Gasteiger partial charge in [-0.1, -0.05) is 0 Å². The molecule has 0 aliphatic rings. The molecule has 0 spiro atoms. The fourth-order valence-electron chi connectivity index (χ4n) is 4.22. The van der Waals surface area contributed by atoms with Crippen LogP contribution in [0.3, 0.4) is 0 Å². The molecule has 12 nitrogen and oxygen atoms in total. The fourth-order valence-corrected chi connectivity index (χ4v) is 4.22. The molecule has 6 N–H and O–H groups in total. The molecule has 2 aromatic carbocycles. The molecule has 0 aliphatic carbocycles. The van der Waals surface area contributed by atoms with Crippen LogP contribution in [0.5, 0.6) is 34.5 Å². The van der Waals surface area contributed by atoms with Crippen LogP contribution in [0.2, 0.25) is 0 Å². The standard InChI is InChI=1S/C29H40O12/c1-36-19-11-17(28(40-5)22(13-19)38-3)9-7-8-16(24(32)26(34)27(35)25(33)21(31)15-30)10-18-12-20(37-2)14-23(39-4)29(18)41-6/h7,11-14,21,24-27,30-35H,9-10,15H2,1-6H3/t8?,21-,24?,25+,26+,27-/m0/s1. The number of benzene rings is 2. The van der Waals surface area contributed by atoms with Crippen molar-refractivity contribution in [3.63, 3.8) is 0 Å². The maximum atomic E-state index is 11.1. The van der Waals surface area contributed by atoms with Gasteiger partial charge in [0.25, 0.3) is 0 Å². The summed E-state index contributed by atoms with van der Waals surface area (Å²) < 4.78 is 32.5. The van der Waals surface area contributed by atoms with Crippen LogP contribution in [0, 0.1) is 0 Å². The lowest BCUT2D eigenvalue weighted by molar-refractivity contribution is -0.134. The van der Waals surface area contributed by atoms with E-state index in [2.05, 4.69) is 5.73 Å². The lowest BCUT2D eigenvalue weighted by Gasteiger charge is -2.29. The van der Waals surface area contributed by atoms with Crippen LogP contribution in [0.4, 0.5) is 0 Å². The van der Waals surface area contributed by atoms with Crippen molar-refractivity contribution in [2.24, 2.45) is 0 Å². The molecule has 5 atom stereocenters. The second kappa shape index (κ2) is 16.1. The van der Waals surface area contributed by atoms with Crippen LogP contribution in [0.25, 0.3) is 0 Å². The summed E-state index contributed by atoms with van der Waals surface area (Å²) in [7, 11) is 8.87. The Morgan fingerprint density at radius 1 is 0.683 bits per heavy atom. The number of aliphatic hydroxyl groups excluding tert-OH is 6. The summed E-state index contributed by atoms with van der Waals surface area (Å²) >= 11 is 0. The molecule has 0 bridgehead atoms. The highest BCUT2D eigenvalue weighted by atomic mass is 16.5. The Kier molecular flexibility index (Phi) is 13.2. The van der Waals surface area contributed by atoms with Crippen LogP contribution in [-0.2, 0) is 12.8 Å². The Morgan fingerprint density at radius 3 is 1.66 bits per heavy atom. The maximum absolute atomic E-state index is 11.1. The van der Waals surface area contributed by atoms with E-state index >= 15 is 0 Å². The Bertz CT molecular complexity index is 1190. The van der Waals surface area contributed by atoms with Crippen molar-refractivity contribution < 1.29 is 59.1 Å². The van der Waals surface area contributed by atoms with E-state index in [0.29, 0.717) is 45.6 Å². The summed E-state index contributed by atoms with van der Waals surface area (Å²) in [6, 6.07) is 6.69. The summed E-state index contributed by atoms with van der Waals surface area (Å²) in [5, 5.41) is 61.3. The third kappa shape index (κ3) is 8.27. The molecule has 41 heavy (non-hydrogen) atoms. The van der Waals surface area contributed by atoms with Crippen molar-refractivity contribution in [2.75, 3.05) is 49.3 Å². The van der Waals surface area contributed by atoms with Gasteiger partial charge in [0, 0.05) is 41.7 Å². The SMILES string of the molecule is COc1cc(CC=C=C(Cc2cc(OC)cc(OC)c2OC)C(O)[C@@H](O)[C@@H](O)[C@H](O)[C@@H](O)CO)c(OC)c(OC)c1. The van der Waals surface area contributed by atoms with Crippen LogP contribution in [-0.4, -0.2) is 110 Å². The highest BCUT2D eigenvalue weighted by Crippen LogP contribution is 2.38. The summed E-state index contributed by atoms with van der Waals surface area (Å²) in [4.78, 5) is 0. The third-order valence-electron chi connectivity index (χ3n) is 6.48. The first-order chi connectivity index (χ1) is 19.6. The predicted octanol–water partition coefficient (Wildman–Crippen LogP) is 0.402. The zero-order chi connectivity index (χ0) is 30.7. The normalized spacial score (nSPS) is 14.5. The van der Waals surface area contributed by atoms with E-state index in [1.807, 2.05) is 0 Å². The molecule has 0 saturated carbocycles. The molecular formula is C29H40O12. The van der Waals surface area contributed by atoms with Crippen molar-refractivity contribution in [1.82, 2.24) is 0 Å². The molecule has 0 fully saturated rings. The van der Waals surface area contributed by atoms with Gasteiger partial charge < -0.3 is 59.1 Å². The number of hydrogen-bond donors (Lipinski definition) is 6. The molecular weight excluding hydrogens is 540 g/mol. The van der Waals surface area contributed by atoms with Gasteiger partial charge in [-0.3, -0.25) is 0 Å². The molecule has 0 saturated heterocycles. The Balaban J connectivity index is 2.63. The highest BCUT2D eigenvalue weighted by molar-refractivity contribution is 5.54. The molecule has 0 aromatic heterocycles. The zero-order valence-corrected chi connectivity index (χ0v) is 24.0. The maximum Gasteiger partial charge on any atom is 0.164 e. The largest absolute Gasteiger partial charge is 0.497 e. The molecule has 1 unspecified atom stereocenters. The minimum Gasteiger partial charge on any atom is -0.497 e. The first-order valence-corrected chi connectivity index (χ1v) is 12.6. The highest BCUT2D eigenvalue weighted by Gasteiger charge is 2.36. The quantitative estimate of drug-likeness (QED) is 0.151. The van der Waals surface area contributed by atoms with Gasteiger partial charge in [-0.15, -0.1) is 5.73 Å². The first-order valence-electron chi connectivity index (χ1n) is 12.6. The van der Waals surface area contributed by atoms with Crippen molar-refractivity contribution in [2.45, 2.75) is 43.4 Å². The topological polar surface area (TPSA) is 177 Å². The van der Waals surface area contributed by atoms with Crippen molar-refractivity contribution >= 4 is 0 Å². The van der Waals surface area contributed by atoms with Gasteiger partial charge in [0.15, 0.2) is 23.0 Å². The van der Waals surface area contributed by atoms with Crippen LogP contribution >= 0.6 is 0 Å². The molecule has 0 aliphatic heterocycles. The minimum atomic E-state index is -2.01. The van der Waals surface area contributed by atoms with Gasteiger partial charge in [0.1, 0.15) is 42.0 Å². The molecule has 0 radical (unpaired) electrons. The van der Waals surface area contributed by atoms with Gasteiger partial charge in [0.2, 0.25) is 0 Å². The Hall–Kier alpha value is -3.48. The van der Waals surface area contributed by atoms with E-state index in [1.165, 1.54) is 42.7 Å². The van der Waals surface area contributed by atoms with Crippen LogP contribution in [0.15, 0.2) is 41.6 Å². The summed E-state index contributed by atoms with van der Waals surface area (Å²) in [6.45, 7) is -0.865. The van der Waals surface area contributed by atoms with E-state index in [0.717, 1.165) is 0 Å². The molecule has 0 heterocycles. The summed E-state index contributed by atoms with van der Waals surface area (Å²) in [5.74, 6) is 2.57. The Labute approximate surface area is 239 Å². The first kappa shape index (κ1) is 33.7. The summed E-state index contributed by atoms with van der Waals surface area (Å²) in [6.07, 6.45) is -7.67. The van der Waals surface area contributed by atoms with Crippen LogP contribution < -0.4 is 28.4 Å². The van der Waals surface area contributed by atoms with Gasteiger partial charge in [-0.05, 0) is 18.2 Å². The molecule has 0 amide bonds. The van der Waals surface area contributed by atoms with Crippen molar-refractivity contribution in [3.05, 3.63) is 52.8 Å². The second-order valence-electron chi connectivity index (χ2n) is 8.97. The lowest BCUT2D eigenvalue weighted by atomic mass is 9.91. The van der Waals surface area contributed by atoms with Crippen LogP contribution in [0.1, 0.15) is 11.1 Å². The third-order valence-corrected chi connectivity index (χ3v) is 6.48. The average molecular weight is 581 g/mol. The van der Waals surface area contributed by atoms with E-state index in [1.54, 1.807) is 30.3 Å². The number of ether oxygens (including phenoxy) is 6. The number of hydrogen-bond acceptors (Lipinski definition) is 12. The average Bonchev–Trinajstić information content (AvgIpc) is 3.01. The van der Waals surface area contributed by atoms with E-state index in [9.17, 15) is 25.5 Å². The second-order valence-corrected chi connectivity index (χ2v) is 8.97. The van der Waals surface area contributed by atoms with E-state index in [-0.39, 0.29) is 18.4 Å². The molecule has 2 aromatic rings. The monoisotopic (exact) mass is 580 g/mol. The van der Waals surface area contributed by atoms with Crippen molar-refractivity contribution in [3.8, 4) is 34.5 Å². The van der Waals surface area contributed by atoms with Gasteiger partial charge in [-0.25, -0.2) is 0 Å². The fraction of sp³-hybridized carbons (Fsp3) is 0.483.